The fourth-order valence-corrected chi connectivity index (χ4v) is 3.32. The molecule has 0 atom stereocenters. The number of amides is 1. The molecule has 0 saturated carbocycles. The maximum atomic E-state index is 12.1. The molecule has 0 bridgehead atoms. The third-order valence-electron chi connectivity index (χ3n) is 5.02. The molecule has 0 unspecified atom stereocenters. The zero-order valence-electron chi connectivity index (χ0n) is 23.6. The summed E-state index contributed by atoms with van der Waals surface area (Å²) >= 11 is 0. The zero-order chi connectivity index (χ0) is 29.8. The Hall–Kier alpha value is -4.94. The van der Waals surface area contributed by atoms with Gasteiger partial charge in [0.05, 0.1) is 41.4 Å². The maximum Gasteiger partial charge on any atom is 0.407 e. The Kier molecular flexibility index (Phi) is 10.8. The molecule has 2 N–H and O–H groups in total. The number of H-pyrrole nitrogens is 1. The second kappa shape index (κ2) is 14.4. The van der Waals surface area contributed by atoms with Gasteiger partial charge in [0.15, 0.2) is 5.82 Å². The van der Waals surface area contributed by atoms with Crippen molar-refractivity contribution in [1.82, 2.24) is 15.3 Å². The van der Waals surface area contributed by atoms with Crippen molar-refractivity contribution < 1.29 is 28.6 Å². The predicted octanol–water partition coefficient (Wildman–Crippen LogP) is 6.66. The monoisotopic (exact) mass is 563 g/mol. The molecule has 2 aromatic carbocycles. The largest absolute Gasteiger partial charge is 0.462 e. The van der Waals surface area contributed by atoms with E-state index in [0.717, 1.165) is 0 Å². The van der Waals surface area contributed by atoms with Gasteiger partial charge in [-0.2, -0.15) is 4.98 Å². The summed E-state index contributed by atoms with van der Waals surface area (Å²) in [6.45, 7) is 9.51. The Morgan fingerprint density at radius 1 is 0.854 bits per heavy atom. The van der Waals surface area contributed by atoms with Crippen LogP contribution in [0.25, 0.3) is 0 Å². The molecule has 0 saturated heterocycles. The zero-order valence-corrected chi connectivity index (χ0v) is 23.6. The highest BCUT2D eigenvalue weighted by molar-refractivity contribution is 5.90. The molecule has 0 aliphatic carbocycles. The van der Waals surface area contributed by atoms with Crippen molar-refractivity contribution in [2.75, 3.05) is 19.8 Å². The Morgan fingerprint density at radius 2 is 1.41 bits per heavy atom. The highest BCUT2D eigenvalue weighted by Crippen LogP contribution is 2.26. The van der Waals surface area contributed by atoms with E-state index in [9.17, 15) is 14.4 Å². The smallest absolute Gasteiger partial charge is 0.407 e. The van der Waals surface area contributed by atoms with Gasteiger partial charge in [0.25, 0.3) is 0 Å². The van der Waals surface area contributed by atoms with E-state index >= 15 is 0 Å². The van der Waals surface area contributed by atoms with Crippen molar-refractivity contribution in [1.29, 1.82) is 0 Å². The molecular weight excluding hydrogens is 530 g/mol. The normalized spacial score (nSPS) is 11.5. The number of rotatable bonds is 11. The van der Waals surface area contributed by atoms with Crippen LogP contribution in [0.1, 0.15) is 61.0 Å². The van der Waals surface area contributed by atoms with Crippen molar-refractivity contribution in [3.8, 4) is 0 Å². The summed E-state index contributed by atoms with van der Waals surface area (Å²) in [6.07, 6.45) is -0.255. The number of hydrogen-bond acceptors (Lipinski definition) is 11. The summed E-state index contributed by atoms with van der Waals surface area (Å²) in [5.41, 5.74) is 1.41. The molecule has 13 nitrogen and oxygen atoms in total. The number of imidazole rings is 1. The van der Waals surface area contributed by atoms with E-state index in [4.69, 9.17) is 14.2 Å². The number of aromatic nitrogens is 2. The Labute approximate surface area is 237 Å². The number of ether oxygens (including phenoxy) is 3. The van der Waals surface area contributed by atoms with Crippen molar-refractivity contribution in [3.63, 3.8) is 0 Å². The Morgan fingerprint density at radius 3 is 1.95 bits per heavy atom. The molecule has 0 spiro atoms. The fraction of sp³-hybridized carbons (Fsp3) is 0.357. The molecule has 1 aromatic heterocycles. The van der Waals surface area contributed by atoms with E-state index in [-0.39, 0.29) is 31.5 Å². The van der Waals surface area contributed by atoms with Crippen LogP contribution >= 0.6 is 0 Å². The summed E-state index contributed by atoms with van der Waals surface area (Å²) in [7, 11) is 0. The van der Waals surface area contributed by atoms with Gasteiger partial charge in [0.1, 0.15) is 5.60 Å². The number of alkyl carbamates (subject to hydrolysis) is 1. The van der Waals surface area contributed by atoms with Crippen LogP contribution in [-0.4, -0.2) is 53.4 Å². The van der Waals surface area contributed by atoms with Gasteiger partial charge >= 0.3 is 18.0 Å². The lowest BCUT2D eigenvalue weighted by molar-refractivity contribution is 0.0517. The average molecular weight is 564 g/mol. The first-order chi connectivity index (χ1) is 19.6. The second-order valence-electron chi connectivity index (χ2n) is 9.48. The number of esters is 2. The lowest BCUT2D eigenvalue weighted by atomic mass is 10.2. The van der Waals surface area contributed by atoms with Gasteiger partial charge in [-0.15, -0.1) is 20.5 Å². The summed E-state index contributed by atoms with van der Waals surface area (Å²) in [4.78, 5) is 43.5. The van der Waals surface area contributed by atoms with Crippen LogP contribution in [0.4, 0.5) is 27.9 Å². The topological polar surface area (TPSA) is 169 Å². The lowest BCUT2D eigenvalue weighted by Crippen LogP contribution is -2.33. The summed E-state index contributed by atoms with van der Waals surface area (Å²) < 4.78 is 15.3. The van der Waals surface area contributed by atoms with E-state index < -0.39 is 23.6 Å². The number of aromatic amines is 1. The molecule has 3 rings (SSSR count). The van der Waals surface area contributed by atoms with Crippen LogP contribution in [0, 0.1) is 0 Å². The molecule has 3 aromatic rings. The molecule has 0 aliphatic heterocycles. The van der Waals surface area contributed by atoms with E-state index in [1.54, 1.807) is 83.1 Å². The summed E-state index contributed by atoms with van der Waals surface area (Å²) in [6, 6.07) is 13.0. The maximum absolute atomic E-state index is 12.1. The molecule has 41 heavy (non-hydrogen) atoms. The van der Waals surface area contributed by atoms with Gasteiger partial charge in [-0.1, -0.05) is 12.1 Å². The lowest BCUT2D eigenvalue weighted by Gasteiger charge is -2.19. The van der Waals surface area contributed by atoms with Crippen LogP contribution in [0.5, 0.6) is 0 Å². The van der Waals surface area contributed by atoms with E-state index in [2.05, 4.69) is 35.7 Å². The number of carbonyl (C=O) groups excluding carboxylic acids is 3. The summed E-state index contributed by atoms with van der Waals surface area (Å²) in [5, 5.41) is 19.4. The highest BCUT2D eigenvalue weighted by Gasteiger charge is 2.17. The van der Waals surface area contributed by atoms with Crippen LogP contribution in [0.2, 0.25) is 0 Å². The van der Waals surface area contributed by atoms with Crippen molar-refractivity contribution in [3.05, 3.63) is 65.4 Å². The van der Waals surface area contributed by atoms with E-state index in [1.807, 2.05) is 0 Å². The number of benzene rings is 2. The van der Waals surface area contributed by atoms with Gasteiger partial charge in [0, 0.05) is 13.0 Å². The van der Waals surface area contributed by atoms with Crippen LogP contribution in [0.15, 0.2) is 69.0 Å². The molecule has 0 fully saturated rings. The Bertz CT molecular complexity index is 1430. The number of carbonyl (C=O) groups is 3. The van der Waals surface area contributed by atoms with Crippen LogP contribution < -0.4 is 5.32 Å². The van der Waals surface area contributed by atoms with Crippen LogP contribution in [-0.2, 0) is 20.6 Å². The molecule has 216 valence electrons. The minimum Gasteiger partial charge on any atom is -0.462 e. The first-order valence-electron chi connectivity index (χ1n) is 13.0. The van der Waals surface area contributed by atoms with Gasteiger partial charge < -0.3 is 24.5 Å². The van der Waals surface area contributed by atoms with Gasteiger partial charge in [-0.05, 0) is 71.0 Å². The summed E-state index contributed by atoms with van der Waals surface area (Å²) in [5.74, 6) is -0.579. The SMILES string of the molecule is CCOC(=O)c1cccc(N=Nc2nc(N=Nc3cccc(C(=O)OCC)c3)c(CCNC(=O)OC(C)(C)C)[nH]2)c1. The second-order valence-corrected chi connectivity index (χ2v) is 9.48. The van der Waals surface area contributed by atoms with Crippen molar-refractivity contribution in [2.45, 2.75) is 46.6 Å². The quantitative estimate of drug-likeness (QED) is 0.149. The van der Waals surface area contributed by atoms with E-state index in [1.165, 1.54) is 0 Å². The minimum atomic E-state index is -0.631. The standard InChI is InChI=1S/C28H33N7O6/c1-6-39-24(36)18-10-8-12-20(16-18)32-34-23-22(14-15-29-27(38)41-28(3,4)5)30-26(31-23)35-33-21-13-9-11-19(17-21)25(37)40-7-2/h8-13,16-17H,6-7,14-15H2,1-5H3,(H,29,38)(H,30,31). The van der Waals surface area contributed by atoms with Crippen molar-refractivity contribution in [2.24, 2.45) is 20.5 Å². The number of azo groups is 2. The highest BCUT2D eigenvalue weighted by atomic mass is 16.6. The van der Waals surface area contributed by atoms with E-state index in [0.29, 0.717) is 34.6 Å². The average Bonchev–Trinajstić information content (AvgIpc) is 3.32. The minimum absolute atomic E-state index is 0.132. The first kappa shape index (κ1) is 30.6. The molecular formula is C28H33N7O6. The number of nitrogens with one attached hydrogen (secondary N) is 2. The van der Waals surface area contributed by atoms with Crippen LogP contribution in [0.3, 0.4) is 0 Å². The predicted molar refractivity (Wildman–Crippen MR) is 150 cm³/mol. The first-order valence-corrected chi connectivity index (χ1v) is 13.0. The van der Waals surface area contributed by atoms with Gasteiger partial charge in [-0.3, -0.25) is 0 Å². The number of hydrogen-bond donors (Lipinski definition) is 2. The van der Waals surface area contributed by atoms with Gasteiger partial charge in [-0.25, -0.2) is 14.4 Å². The van der Waals surface area contributed by atoms with Crippen molar-refractivity contribution >= 4 is 41.2 Å². The molecule has 1 heterocycles. The third kappa shape index (κ3) is 9.95. The number of nitrogens with zero attached hydrogens (tertiary/aromatic N) is 5. The molecule has 1 amide bonds. The fourth-order valence-electron chi connectivity index (χ4n) is 3.32. The third-order valence-corrected chi connectivity index (χ3v) is 5.02. The molecule has 0 radical (unpaired) electrons. The van der Waals surface area contributed by atoms with Gasteiger partial charge in [0.2, 0.25) is 5.95 Å². The molecule has 13 heteroatoms. The Balaban J connectivity index is 1.83. The molecule has 0 aliphatic rings.